The van der Waals surface area contributed by atoms with Gasteiger partial charge in [0.2, 0.25) is 0 Å². The summed E-state index contributed by atoms with van der Waals surface area (Å²) in [5.74, 6) is -0.706. The molecule has 0 aliphatic carbocycles. The minimum atomic E-state index is -0.706. The van der Waals surface area contributed by atoms with Crippen molar-refractivity contribution in [1.82, 2.24) is 9.88 Å². The fraction of sp³-hybridized carbons (Fsp3) is 0.412. The van der Waals surface area contributed by atoms with Crippen LogP contribution in [-0.4, -0.2) is 33.5 Å². The summed E-state index contributed by atoms with van der Waals surface area (Å²) in [5, 5.41) is 11.4. The molecule has 1 atom stereocenters. The number of carboxylic acid groups (broad SMARTS) is 1. The molecule has 2 heterocycles. The number of carbonyl (C=O) groups is 1. The molecule has 1 saturated heterocycles. The highest BCUT2D eigenvalue weighted by Crippen LogP contribution is 2.25. The number of carboxylic acids is 1. The highest BCUT2D eigenvalue weighted by atomic mass is 16.4. The molecule has 3 rings (SSSR count). The van der Waals surface area contributed by atoms with E-state index in [-0.39, 0.29) is 12.5 Å². The Labute approximate surface area is 124 Å². The lowest BCUT2D eigenvalue weighted by atomic mass is 9.98. The number of nitrogens with zero attached hydrogens (tertiary/aromatic N) is 2. The highest BCUT2D eigenvalue weighted by Gasteiger charge is 2.25. The van der Waals surface area contributed by atoms with E-state index in [1.807, 2.05) is 24.5 Å². The maximum atomic E-state index is 11.0. The van der Waals surface area contributed by atoms with E-state index in [0.29, 0.717) is 0 Å². The van der Waals surface area contributed by atoms with Gasteiger partial charge in [-0.05, 0) is 30.3 Å². The van der Waals surface area contributed by atoms with Crippen LogP contribution < -0.4 is 0 Å². The molecule has 1 aromatic carbocycles. The topological polar surface area (TPSA) is 53.4 Å². The lowest BCUT2D eigenvalue weighted by Gasteiger charge is -2.35. The molecule has 1 N–H and O–H groups in total. The van der Waals surface area contributed by atoms with Crippen molar-refractivity contribution in [3.05, 3.63) is 42.2 Å². The summed E-state index contributed by atoms with van der Waals surface area (Å²) < 4.78 is 0. The summed E-state index contributed by atoms with van der Waals surface area (Å²) in [6.45, 7) is 1.76. The molecule has 1 aromatic heterocycles. The van der Waals surface area contributed by atoms with Gasteiger partial charge in [-0.25, -0.2) is 0 Å². The van der Waals surface area contributed by atoms with Gasteiger partial charge in [0.1, 0.15) is 0 Å². The number of benzene rings is 1. The van der Waals surface area contributed by atoms with Crippen LogP contribution in [0.3, 0.4) is 0 Å². The van der Waals surface area contributed by atoms with Gasteiger partial charge in [0.25, 0.3) is 0 Å². The van der Waals surface area contributed by atoms with Gasteiger partial charge in [-0.2, -0.15) is 0 Å². The fourth-order valence-electron chi connectivity index (χ4n) is 3.22. The Morgan fingerprint density at radius 3 is 3.00 bits per heavy atom. The third-order valence-electron chi connectivity index (χ3n) is 4.28. The first-order chi connectivity index (χ1) is 10.2. The zero-order chi connectivity index (χ0) is 14.7. The van der Waals surface area contributed by atoms with Gasteiger partial charge >= 0.3 is 5.97 Å². The maximum Gasteiger partial charge on any atom is 0.304 e. The van der Waals surface area contributed by atoms with Gasteiger partial charge in [-0.15, -0.1) is 0 Å². The monoisotopic (exact) mass is 284 g/mol. The Morgan fingerprint density at radius 2 is 2.14 bits per heavy atom. The average molecular weight is 284 g/mol. The Morgan fingerprint density at radius 1 is 1.29 bits per heavy atom. The van der Waals surface area contributed by atoms with Crippen molar-refractivity contribution in [1.29, 1.82) is 0 Å². The van der Waals surface area contributed by atoms with E-state index in [2.05, 4.69) is 22.0 Å². The number of likely N-dealkylation sites (tertiary alicyclic amines) is 1. The summed E-state index contributed by atoms with van der Waals surface area (Å²) in [7, 11) is 0. The van der Waals surface area contributed by atoms with E-state index in [9.17, 15) is 4.79 Å². The third-order valence-corrected chi connectivity index (χ3v) is 4.28. The molecule has 0 amide bonds. The predicted octanol–water partition coefficient (Wildman–Crippen LogP) is 3.06. The predicted molar refractivity (Wildman–Crippen MR) is 82.0 cm³/mol. The second-order valence-corrected chi connectivity index (χ2v) is 5.74. The number of aromatic nitrogens is 1. The molecule has 2 aromatic rings. The van der Waals surface area contributed by atoms with Crippen molar-refractivity contribution >= 4 is 16.7 Å². The van der Waals surface area contributed by atoms with Crippen LogP contribution in [0.15, 0.2) is 36.7 Å². The zero-order valence-corrected chi connectivity index (χ0v) is 12.0. The molecule has 1 fully saturated rings. The van der Waals surface area contributed by atoms with E-state index >= 15 is 0 Å². The van der Waals surface area contributed by atoms with Crippen LogP contribution in [0.25, 0.3) is 10.8 Å². The van der Waals surface area contributed by atoms with E-state index in [0.717, 1.165) is 37.7 Å². The summed E-state index contributed by atoms with van der Waals surface area (Å²) in [5.41, 5.74) is 1.19. The van der Waals surface area contributed by atoms with Crippen LogP contribution in [-0.2, 0) is 11.3 Å². The lowest BCUT2D eigenvalue weighted by molar-refractivity contribution is -0.138. The molecule has 1 aliphatic heterocycles. The summed E-state index contributed by atoms with van der Waals surface area (Å²) in [4.78, 5) is 17.7. The molecule has 21 heavy (non-hydrogen) atoms. The van der Waals surface area contributed by atoms with Gasteiger partial charge in [0.05, 0.1) is 6.42 Å². The molecular formula is C17H20N2O2. The maximum absolute atomic E-state index is 11.0. The van der Waals surface area contributed by atoms with Crippen molar-refractivity contribution in [2.45, 2.75) is 38.3 Å². The van der Waals surface area contributed by atoms with E-state index < -0.39 is 5.97 Å². The van der Waals surface area contributed by atoms with Crippen LogP contribution in [0.2, 0.25) is 0 Å². The Hall–Kier alpha value is -1.94. The van der Waals surface area contributed by atoms with E-state index in [1.165, 1.54) is 10.9 Å². The van der Waals surface area contributed by atoms with Crippen molar-refractivity contribution in [2.75, 3.05) is 6.54 Å². The van der Waals surface area contributed by atoms with Crippen LogP contribution in [0.1, 0.15) is 31.2 Å². The number of rotatable bonds is 4. The summed E-state index contributed by atoms with van der Waals surface area (Å²) in [6, 6.07) is 8.38. The normalized spacial score (nSPS) is 19.7. The Bertz CT molecular complexity index is 636. The molecule has 4 heteroatoms. The smallest absolute Gasteiger partial charge is 0.304 e. The molecule has 0 radical (unpaired) electrons. The number of fused-ring (bicyclic) bond motifs is 1. The number of piperidine rings is 1. The van der Waals surface area contributed by atoms with Crippen molar-refractivity contribution in [3.63, 3.8) is 0 Å². The molecule has 1 unspecified atom stereocenters. The zero-order valence-electron chi connectivity index (χ0n) is 12.0. The first kappa shape index (κ1) is 14.0. The molecular weight excluding hydrogens is 264 g/mol. The van der Waals surface area contributed by atoms with Crippen LogP contribution >= 0.6 is 0 Å². The van der Waals surface area contributed by atoms with Crippen molar-refractivity contribution in [3.8, 4) is 0 Å². The molecule has 110 valence electrons. The first-order valence-corrected chi connectivity index (χ1v) is 7.51. The summed E-state index contributed by atoms with van der Waals surface area (Å²) in [6.07, 6.45) is 7.28. The van der Waals surface area contributed by atoms with Gasteiger partial charge < -0.3 is 5.11 Å². The highest BCUT2D eigenvalue weighted by molar-refractivity contribution is 5.84. The van der Waals surface area contributed by atoms with Gasteiger partial charge in [-0.3, -0.25) is 14.7 Å². The lowest BCUT2D eigenvalue weighted by Crippen LogP contribution is -2.40. The minimum Gasteiger partial charge on any atom is -0.481 e. The fourth-order valence-corrected chi connectivity index (χ4v) is 3.22. The van der Waals surface area contributed by atoms with Crippen LogP contribution in [0.4, 0.5) is 0 Å². The van der Waals surface area contributed by atoms with E-state index in [4.69, 9.17) is 5.11 Å². The number of pyridine rings is 1. The molecule has 0 bridgehead atoms. The quantitative estimate of drug-likeness (QED) is 0.937. The molecule has 4 nitrogen and oxygen atoms in total. The van der Waals surface area contributed by atoms with Gasteiger partial charge in [0, 0.05) is 30.4 Å². The summed E-state index contributed by atoms with van der Waals surface area (Å²) >= 11 is 0. The van der Waals surface area contributed by atoms with Gasteiger partial charge in [-0.1, -0.05) is 30.7 Å². The first-order valence-electron chi connectivity index (χ1n) is 7.51. The van der Waals surface area contributed by atoms with Crippen molar-refractivity contribution in [2.24, 2.45) is 0 Å². The number of hydrogen-bond acceptors (Lipinski definition) is 3. The minimum absolute atomic E-state index is 0.148. The third kappa shape index (κ3) is 3.22. The van der Waals surface area contributed by atoms with Crippen LogP contribution in [0, 0.1) is 0 Å². The van der Waals surface area contributed by atoms with Gasteiger partial charge in [0.15, 0.2) is 0 Å². The van der Waals surface area contributed by atoms with Crippen LogP contribution in [0.5, 0.6) is 0 Å². The largest absolute Gasteiger partial charge is 0.481 e. The second kappa shape index (κ2) is 6.22. The van der Waals surface area contributed by atoms with Crippen molar-refractivity contribution < 1.29 is 9.90 Å². The average Bonchev–Trinajstić information content (AvgIpc) is 2.49. The molecule has 1 aliphatic rings. The number of aliphatic carboxylic acids is 1. The Balaban J connectivity index is 1.84. The standard InChI is InChI=1S/C17H20N2O2/c20-17(21)9-15-6-3-4-8-19(15)12-14-11-18-10-13-5-1-2-7-16(13)14/h1-2,5,7,10-11,15H,3-4,6,8-9,12H2,(H,20,21). The second-order valence-electron chi connectivity index (χ2n) is 5.74. The molecule has 0 saturated carbocycles. The molecule has 0 spiro atoms. The Kier molecular flexibility index (Phi) is 4.15. The number of hydrogen-bond donors (Lipinski definition) is 1. The van der Waals surface area contributed by atoms with E-state index in [1.54, 1.807) is 0 Å². The SMILES string of the molecule is O=C(O)CC1CCCCN1Cc1cncc2ccccc12.